The fourth-order valence-corrected chi connectivity index (χ4v) is 2.46. The Kier molecular flexibility index (Phi) is 4.86. The Morgan fingerprint density at radius 2 is 2.11 bits per heavy atom. The van der Waals surface area contributed by atoms with E-state index < -0.39 is 0 Å². The number of benzene rings is 1. The van der Waals surface area contributed by atoms with Crippen LogP contribution in [0, 0.1) is 0 Å². The number of aryl methyl sites for hydroxylation is 1. The van der Waals surface area contributed by atoms with Crippen molar-refractivity contribution in [3.8, 4) is 0 Å². The van der Waals surface area contributed by atoms with Crippen molar-refractivity contribution in [1.29, 1.82) is 0 Å². The van der Waals surface area contributed by atoms with E-state index in [1.54, 1.807) is 6.07 Å². The summed E-state index contributed by atoms with van der Waals surface area (Å²) in [5.41, 5.74) is 2.07. The van der Waals surface area contributed by atoms with Crippen molar-refractivity contribution in [2.45, 2.75) is 26.4 Å². The summed E-state index contributed by atoms with van der Waals surface area (Å²) in [6.07, 6.45) is 3.90. The minimum Gasteiger partial charge on any atom is -0.306 e. The number of nitrogens with zero attached hydrogens (tertiary/aromatic N) is 2. The van der Waals surface area contributed by atoms with Crippen LogP contribution in [0.5, 0.6) is 0 Å². The zero-order chi connectivity index (χ0) is 13.8. The van der Waals surface area contributed by atoms with Crippen molar-refractivity contribution in [2.24, 2.45) is 0 Å². The topological polar surface area (TPSA) is 29.9 Å². The third kappa shape index (κ3) is 3.30. The number of halogens is 2. The highest BCUT2D eigenvalue weighted by Crippen LogP contribution is 2.30. The third-order valence-corrected chi connectivity index (χ3v) is 3.57. The summed E-state index contributed by atoms with van der Waals surface area (Å²) in [5, 5.41) is 9.13. The number of hydrogen-bond acceptors (Lipinski definition) is 2. The minimum atomic E-state index is 0.0106. The highest BCUT2D eigenvalue weighted by molar-refractivity contribution is 6.33. The molecule has 0 saturated carbocycles. The fraction of sp³-hybridized carbons (Fsp3) is 0.357. The standard InChI is InChI=1S/C14H17Cl2N3/c1-3-17-14(10-8-18-19(4-2)9-10)12-7-11(15)5-6-13(12)16/h5-9,14,17H,3-4H2,1-2H3. The third-order valence-electron chi connectivity index (χ3n) is 2.99. The van der Waals surface area contributed by atoms with Gasteiger partial charge in [0.05, 0.1) is 12.2 Å². The van der Waals surface area contributed by atoms with Crippen LogP contribution in [0.2, 0.25) is 10.0 Å². The van der Waals surface area contributed by atoms with Gasteiger partial charge in [-0.1, -0.05) is 30.1 Å². The summed E-state index contributed by atoms with van der Waals surface area (Å²) in [6.45, 7) is 5.81. The van der Waals surface area contributed by atoms with Crippen molar-refractivity contribution < 1.29 is 0 Å². The SMILES string of the molecule is CCNC(c1cnn(CC)c1)c1cc(Cl)ccc1Cl. The maximum absolute atomic E-state index is 6.29. The molecule has 0 aliphatic carbocycles. The molecule has 0 aliphatic rings. The highest BCUT2D eigenvalue weighted by atomic mass is 35.5. The molecule has 0 aliphatic heterocycles. The molecule has 0 amide bonds. The molecule has 1 aromatic carbocycles. The summed E-state index contributed by atoms with van der Waals surface area (Å²) in [7, 11) is 0. The summed E-state index contributed by atoms with van der Waals surface area (Å²) >= 11 is 12.4. The second-order valence-corrected chi connectivity index (χ2v) is 5.13. The van der Waals surface area contributed by atoms with Gasteiger partial charge in [0.25, 0.3) is 0 Å². The van der Waals surface area contributed by atoms with Gasteiger partial charge in [-0.3, -0.25) is 4.68 Å². The van der Waals surface area contributed by atoms with E-state index in [9.17, 15) is 0 Å². The van der Waals surface area contributed by atoms with Crippen LogP contribution in [0.25, 0.3) is 0 Å². The lowest BCUT2D eigenvalue weighted by molar-refractivity contribution is 0.625. The molecule has 0 spiro atoms. The van der Waals surface area contributed by atoms with E-state index in [2.05, 4.69) is 24.3 Å². The van der Waals surface area contributed by atoms with E-state index in [0.717, 1.165) is 24.2 Å². The Morgan fingerprint density at radius 1 is 1.32 bits per heavy atom. The van der Waals surface area contributed by atoms with Gasteiger partial charge in [-0.25, -0.2) is 0 Å². The molecular weight excluding hydrogens is 281 g/mol. The van der Waals surface area contributed by atoms with Crippen LogP contribution < -0.4 is 5.32 Å². The van der Waals surface area contributed by atoms with Gasteiger partial charge < -0.3 is 5.32 Å². The van der Waals surface area contributed by atoms with Crippen LogP contribution in [0.15, 0.2) is 30.6 Å². The number of aromatic nitrogens is 2. The predicted molar refractivity (Wildman–Crippen MR) is 79.9 cm³/mol. The quantitative estimate of drug-likeness (QED) is 0.907. The first-order valence-electron chi connectivity index (χ1n) is 6.36. The van der Waals surface area contributed by atoms with Gasteiger partial charge in [0.1, 0.15) is 0 Å². The summed E-state index contributed by atoms with van der Waals surface area (Å²) in [4.78, 5) is 0. The van der Waals surface area contributed by atoms with Gasteiger partial charge >= 0.3 is 0 Å². The molecule has 5 heteroatoms. The Hall–Kier alpha value is -1.03. The first-order valence-corrected chi connectivity index (χ1v) is 7.12. The maximum Gasteiger partial charge on any atom is 0.0623 e. The number of rotatable bonds is 5. The normalized spacial score (nSPS) is 12.6. The van der Waals surface area contributed by atoms with Crippen LogP contribution >= 0.6 is 23.2 Å². The summed E-state index contributed by atoms with van der Waals surface area (Å²) in [6, 6.07) is 5.54. The monoisotopic (exact) mass is 297 g/mol. The first-order chi connectivity index (χ1) is 9.15. The van der Waals surface area contributed by atoms with E-state index in [0.29, 0.717) is 10.0 Å². The van der Waals surface area contributed by atoms with Crippen LogP contribution in [-0.2, 0) is 6.54 Å². The zero-order valence-corrected chi connectivity index (χ0v) is 12.5. The van der Waals surface area contributed by atoms with E-state index in [4.69, 9.17) is 23.2 Å². The van der Waals surface area contributed by atoms with Crippen molar-refractivity contribution in [2.75, 3.05) is 6.54 Å². The molecule has 0 fully saturated rings. The van der Waals surface area contributed by atoms with Gasteiger partial charge in [-0.05, 0) is 37.2 Å². The van der Waals surface area contributed by atoms with Crippen molar-refractivity contribution >= 4 is 23.2 Å². The molecule has 1 aromatic heterocycles. The lowest BCUT2D eigenvalue weighted by Gasteiger charge is -2.18. The van der Waals surface area contributed by atoms with E-state index in [1.807, 2.05) is 29.2 Å². The molecule has 3 nitrogen and oxygen atoms in total. The molecule has 1 N–H and O–H groups in total. The van der Waals surface area contributed by atoms with Crippen LogP contribution in [-0.4, -0.2) is 16.3 Å². The molecule has 102 valence electrons. The Balaban J connectivity index is 2.41. The van der Waals surface area contributed by atoms with Crippen LogP contribution in [0.1, 0.15) is 31.0 Å². The van der Waals surface area contributed by atoms with Gasteiger partial charge in [0.15, 0.2) is 0 Å². The van der Waals surface area contributed by atoms with E-state index in [1.165, 1.54) is 0 Å². The van der Waals surface area contributed by atoms with Crippen LogP contribution in [0.3, 0.4) is 0 Å². The van der Waals surface area contributed by atoms with Crippen molar-refractivity contribution in [3.05, 3.63) is 51.8 Å². The Labute approximate surface area is 123 Å². The lowest BCUT2D eigenvalue weighted by atomic mass is 10.0. The molecule has 0 bridgehead atoms. The minimum absolute atomic E-state index is 0.0106. The molecule has 19 heavy (non-hydrogen) atoms. The second-order valence-electron chi connectivity index (χ2n) is 4.29. The van der Waals surface area contributed by atoms with Gasteiger partial charge in [-0.15, -0.1) is 0 Å². The Morgan fingerprint density at radius 3 is 2.74 bits per heavy atom. The maximum atomic E-state index is 6.29. The average molecular weight is 298 g/mol. The van der Waals surface area contributed by atoms with Crippen LogP contribution in [0.4, 0.5) is 0 Å². The highest BCUT2D eigenvalue weighted by Gasteiger charge is 2.18. The molecular formula is C14H17Cl2N3. The van der Waals surface area contributed by atoms with E-state index in [-0.39, 0.29) is 6.04 Å². The van der Waals surface area contributed by atoms with Gasteiger partial charge in [0, 0.05) is 28.4 Å². The number of hydrogen-bond donors (Lipinski definition) is 1. The first kappa shape index (κ1) is 14.4. The predicted octanol–water partition coefficient (Wildman–Crippen LogP) is 3.91. The summed E-state index contributed by atoms with van der Waals surface area (Å²) in [5.74, 6) is 0. The molecule has 2 aromatic rings. The molecule has 1 heterocycles. The largest absolute Gasteiger partial charge is 0.306 e. The van der Waals surface area contributed by atoms with Crippen molar-refractivity contribution in [3.63, 3.8) is 0 Å². The van der Waals surface area contributed by atoms with E-state index >= 15 is 0 Å². The molecule has 2 rings (SSSR count). The molecule has 1 atom stereocenters. The zero-order valence-electron chi connectivity index (χ0n) is 11.0. The second kappa shape index (κ2) is 6.42. The Bertz CT molecular complexity index is 551. The summed E-state index contributed by atoms with van der Waals surface area (Å²) < 4.78 is 1.90. The van der Waals surface area contributed by atoms with Gasteiger partial charge in [0.2, 0.25) is 0 Å². The molecule has 0 radical (unpaired) electrons. The molecule has 1 unspecified atom stereocenters. The van der Waals surface area contributed by atoms with Gasteiger partial charge in [-0.2, -0.15) is 5.10 Å². The van der Waals surface area contributed by atoms with Crippen molar-refractivity contribution in [1.82, 2.24) is 15.1 Å². The fourth-order valence-electron chi connectivity index (χ4n) is 2.05. The lowest BCUT2D eigenvalue weighted by Crippen LogP contribution is -2.22. The average Bonchev–Trinajstić information content (AvgIpc) is 2.88. The smallest absolute Gasteiger partial charge is 0.0623 e. The molecule has 0 saturated heterocycles. The number of nitrogens with one attached hydrogen (secondary N) is 1.